The minimum absolute atomic E-state index is 0.543. The van der Waals surface area contributed by atoms with Crippen LogP contribution in [0.4, 0.5) is 0 Å². The molecule has 0 fully saturated rings. The van der Waals surface area contributed by atoms with Crippen molar-refractivity contribution < 1.29 is 4.79 Å². The van der Waals surface area contributed by atoms with Crippen LogP contribution in [0, 0.1) is 6.92 Å². The minimum atomic E-state index is 0.543. The molecule has 92 valence electrons. The van der Waals surface area contributed by atoms with Gasteiger partial charge in [-0.1, -0.05) is 42.0 Å². The Balaban J connectivity index is 2.18. The fourth-order valence-electron chi connectivity index (χ4n) is 3.23. The van der Waals surface area contributed by atoms with Crippen LogP contribution in [-0.2, 0) is 6.42 Å². The van der Waals surface area contributed by atoms with Crippen LogP contribution in [-0.4, -0.2) is 10.6 Å². The Morgan fingerprint density at radius 2 is 1.63 bits per heavy atom. The fraction of sp³-hybridized carbons (Fsp3) is 0.167. The molecule has 0 spiro atoms. The quantitative estimate of drug-likeness (QED) is 0.420. The van der Waals surface area contributed by atoms with E-state index in [9.17, 15) is 4.79 Å². The number of rotatable bonds is 0. The average Bonchev–Trinajstić information content (AvgIpc) is 2.80. The molecule has 3 aromatic carbocycles. The molecule has 0 aliphatic heterocycles. The van der Waals surface area contributed by atoms with Crippen molar-refractivity contribution in [2.45, 2.75) is 19.8 Å². The Kier molecular flexibility index (Phi) is 2.08. The molecule has 4 rings (SSSR count). The SMILES string of the molecule is Cc1ccc2ccc3c4c(ccc3c2c1)C(=[OH+])CC4. The van der Waals surface area contributed by atoms with Gasteiger partial charge in [-0.15, -0.1) is 0 Å². The number of hydrogen-bond donors (Lipinski definition) is 0. The van der Waals surface area contributed by atoms with E-state index in [1.807, 2.05) is 0 Å². The Morgan fingerprint density at radius 1 is 0.842 bits per heavy atom. The molecule has 1 aliphatic carbocycles. The minimum Gasteiger partial charge on any atom is -0.278 e. The van der Waals surface area contributed by atoms with Crippen LogP contribution in [0.2, 0.25) is 0 Å². The summed E-state index contributed by atoms with van der Waals surface area (Å²) < 4.78 is 0. The van der Waals surface area contributed by atoms with Gasteiger partial charge in [-0.05, 0) is 46.5 Å². The van der Waals surface area contributed by atoms with E-state index in [1.54, 1.807) is 0 Å². The van der Waals surface area contributed by atoms with E-state index in [4.69, 9.17) is 0 Å². The smallest absolute Gasteiger partial charge is 0.278 e. The zero-order valence-electron chi connectivity index (χ0n) is 10.9. The van der Waals surface area contributed by atoms with E-state index < -0.39 is 0 Å². The summed E-state index contributed by atoms with van der Waals surface area (Å²) in [4.78, 5) is 9.91. The second-order valence-electron chi connectivity index (χ2n) is 5.42. The molecular formula is C18H15O+. The monoisotopic (exact) mass is 247 g/mol. The first-order chi connectivity index (χ1) is 9.24. The first-order valence-electron chi connectivity index (χ1n) is 6.74. The number of ketones is 1. The summed E-state index contributed by atoms with van der Waals surface area (Å²) in [5.41, 5.74) is 3.63. The van der Waals surface area contributed by atoms with Gasteiger partial charge in [-0.25, -0.2) is 0 Å². The summed E-state index contributed by atoms with van der Waals surface area (Å²) in [6, 6.07) is 15.2. The summed E-state index contributed by atoms with van der Waals surface area (Å²) in [6.07, 6.45) is 1.73. The number of hydrogen-bond acceptors (Lipinski definition) is 0. The number of carbonyl (C=O) groups excluding carboxylic acids is 1. The Morgan fingerprint density at radius 3 is 2.53 bits per heavy atom. The van der Waals surface area contributed by atoms with Gasteiger partial charge in [0.1, 0.15) is 0 Å². The highest BCUT2D eigenvalue weighted by Gasteiger charge is 2.26. The topological polar surface area (TPSA) is 21.4 Å². The summed E-state index contributed by atoms with van der Waals surface area (Å²) in [5.74, 6) is 0.543. The van der Waals surface area contributed by atoms with Crippen LogP contribution in [0.5, 0.6) is 0 Å². The van der Waals surface area contributed by atoms with Crippen molar-refractivity contribution in [2.24, 2.45) is 0 Å². The van der Waals surface area contributed by atoms with Crippen molar-refractivity contribution in [1.29, 1.82) is 0 Å². The zero-order chi connectivity index (χ0) is 13.0. The lowest BCUT2D eigenvalue weighted by molar-refractivity contribution is 0.666. The summed E-state index contributed by atoms with van der Waals surface area (Å²) in [5, 5.41) is 5.19. The molecule has 0 bridgehead atoms. The third-order valence-electron chi connectivity index (χ3n) is 4.21. The second kappa shape index (κ2) is 3.67. The molecule has 0 saturated heterocycles. The zero-order valence-corrected chi connectivity index (χ0v) is 10.9. The lowest BCUT2D eigenvalue weighted by Crippen LogP contribution is -1.93. The van der Waals surface area contributed by atoms with E-state index in [1.165, 1.54) is 32.7 Å². The van der Waals surface area contributed by atoms with E-state index in [-0.39, 0.29) is 0 Å². The maximum atomic E-state index is 9.91. The third kappa shape index (κ3) is 1.45. The van der Waals surface area contributed by atoms with Gasteiger partial charge in [-0.2, -0.15) is 0 Å². The van der Waals surface area contributed by atoms with Crippen LogP contribution in [0.25, 0.3) is 21.5 Å². The van der Waals surface area contributed by atoms with Crippen molar-refractivity contribution >= 4 is 27.3 Å². The van der Waals surface area contributed by atoms with Crippen molar-refractivity contribution in [3.8, 4) is 0 Å². The van der Waals surface area contributed by atoms with E-state index in [0.29, 0.717) is 5.78 Å². The average molecular weight is 247 g/mol. The highest BCUT2D eigenvalue weighted by molar-refractivity contribution is 6.13. The second-order valence-corrected chi connectivity index (χ2v) is 5.42. The standard InChI is InChI=1S/C18H14O/c1-11-2-3-12-4-5-13-14-8-9-18(19)16(14)7-6-15(13)17(12)10-11/h2-7,10H,8-9H2,1H3/p+1. The van der Waals surface area contributed by atoms with Crippen molar-refractivity contribution in [1.82, 2.24) is 0 Å². The molecule has 1 heteroatoms. The molecule has 1 N–H and O–H groups in total. The van der Waals surface area contributed by atoms with Gasteiger partial charge >= 0.3 is 5.78 Å². The van der Waals surface area contributed by atoms with E-state index in [0.717, 1.165) is 18.4 Å². The molecule has 1 nitrogen and oxygen atoms in total. The van der Waals surface area contributed by atoms with Gasteiger partial charge < -0.3 is 0 Å². The molecule has 1 aliphatic rings. The van der Waals surface area contributed by atoms with Gasteiger partial charge in [0.05, 0.1) is 12.0 Å². The fourth-order valence-corrected chi connectivity index (χ4v) is 3.23. The Labute approximate surface area is 111 Å². The van der Waals surface area contributed by atoms with Gasteiger partial charge in [0.15, 0.2) is 0 Å². The first kappa shape index (κ1) is 10.7. The predicted octanol–water partition coefficient (Wildman–Crippen LogP) is 4.14. The maximum Gasteiger partial charge on any atom is 0.324 e. The third-order valence-corrected chi connectivity index (χ3v) is 4.21. The highest BCUT2D eigenvalue weighted by Crippen LogP contribution is 2.33. The summed E-state index contributed by atoms with van der Waals surface area (Å²) >= 11 is 0. The van der Waals surface area contributed by atoms with Gasteiger partial charge in [0, 0.05) is 0 Å². The maximum absolute atomic E-state index is 9.91. The van der Waals surface area contributed by atoms with Gasteiger partial charge in [0.25, 0.3) is 0 Å². The molecule has 0 heterocycles. The lowest BCUT2D eigenvalue weighted by atomic mass is 9.95. The Hall–Kier alpha value is -2.15. The largest absolute Gasteiger partial charge is 0.324 e. The van der Waals surface area contributed by atoms with Crippen molar-refractivity contribution in [3.63, 3.8) is 0 Å². The molecule has 0 amide bonds. The number of aryl methyl sites for hydroxylation is 2. The Bertz CT molecular complexity index is 843. The van der Waals surface area contributed by atoms with E-state index >= 15 is 0 Å². The molecule has 19 heavy (non-hydrogen) atoms. The highest BCUT2D eigenvalue weighted by atomic mass is 16.1. The molecule has 0 aromatic heterocycles. The van der Waals surface area contributed by atoms with Crippen LogP contribution < -0.4 is 0 Å². The summed E-state index contributed by atoms with van der Waals surface area (Å²) in [7, 11) is 0. The molecule has 0 radical (unpaired) electrons. The normalized spacial score (nSPS) is 14.3. The van der Waals surface area contributed by atoms with Gasteiger partial charge in [-0.3, -0.25) is 4.79 Å². The summed E-state index contributed by atoms with van der Waals surface area (Å²) in [6.45, 7) is 2.13. The van der Waals surface area contributed by atoms with Crippen LogP contribution in [0.15, 0.2) is 42.5 Å². The molecule has 0 unspecified atom stereocenters. The van der Waals surface area contributed by atoms with Crippen LogP contribution in [0.1, 0.15) is 23.1 Å². The number of benzene rings is 3. The van der Waals surface area contributed by atoms with Crippen LogP contribution >= 0.6 is 0 Å². The predicted molar refractivity (Wildman–Crippen MR) is 80.6 cm³/mol. The van der Waals surface area contributed by atoms with Gasteiger partial charge in [0.2, 0.25) is 0 Å². The number of fused-ring (bicyclic) bond motifs is 5. The van der Waals surface area contributed by atoms with E-state index in [2.05, 4.69) is 49.4 Å². The molecular weight excluding hydrogens is 232 g/mol. The van der Waals surface area contributed by atoms with Crippen LogP contribution in [0.3, 0.4) is 0 Å². The van der Waals surface area contributed by atoms with Crippen molar-refractivity contribution in [3.05, 3.63) is 59.2 Å². The lowest BCUT2D eigenvalue weighted by Gasteiger charge is -2.08. The molecule has 3 aromatic rings. The first-order valence-corrected chi connectivity index (χ1v) is 6.74. The van der Waals surface area contributed by atoms with Crippen molar-refractivity contribution in [2.75, 3.05) is 0 Å². The molecule has 0 saturated carbocycles. The molecule has 0 atom stereocenters.